The Morgan fingerprint density at radius 3 is 2.95 bits per heavy atom. The van der Waals surface area contributed by atoms with Crippen LogP contribution in [-0.2, 0) is 0 Å². The molecular formula is C14H10N4O2. The van der Waals surface area contributed by atoms with Crippen LogP contribution < -0.4 is 10.1 Å². The molecule has 0 fully saturated rings. The molecule has 2 aromatic heterocycles. The van der Waals surface area contributed by atoms with E-state index in [1.54, 1.807) is 19.3 Å². The number of nitrogens with zero attached hydrogens (tertiary/aromatic N) is 3. The molecule has 6 heteroatoms. The van der Waals surface area contributed by atoms with E-state index in [0.29, 0.717) is 23.0 Å². The van der Waals surface area contributed by atoms with Gasteiger partial charge in [-0.2, -0.15) is 10.2 Å². The number of fused-ring (bicyclic) bond motifs is 1. The minimum absolute atomic E-state index is 0.114. The lowest BCUT2D eigenvalue weighted by atomic mass is 10.2. The molecule has 20 heavy (non-hydrogen) atoms. The molecule has 0 aliphatic rings. The molecule has 2 heterocycles. The molecule has 0 amide bonds. The summed E-state index contributed by atoms with van der Waals surface area (Å²) in [6.07, 6.45) is 3.05. The molecule has 6 nitrogen and oxygen atoms in total. The molecule has 0 atom stereocenters. The highest BCUT2D eigenvalue weighted by atomic mass is 16.5. The summed E-state index contributed by atoms with van der Waals surface area (Å²) < 4.78 is 11.1. The van der Waals surface area contributed by atoms with Gasteiger partial charge < -0.3 is 14.5 Å². The fourth-order valence-electron chi connectivity index (χ4n) is 1.82. The number of hydrogen-bond acceptors (Lipinski definition) is 6. The summed E-state index contributed by atoms with van der Waals surface area (Å²) >= 11 is 0. The van der Waals surface area contributed by atoms with E-state index in [1.807, 2.05) is 24.3 Å². The Hall–Kier alpha value is -3.07. The molecular weight excluding hydrogens is 256 g/mol. The van der Waals surface area contributed by atoms with E-state index < -0.39 is 0 Å². The smallest absolute Gasteiger partial charge is 0.247 e. The Labute approximate surface area is 114 Å². The number of anilines is 1. The van der Waals surface area contributed by atoms with Crippen molar-refractivity contribution >= 4 is 16.8 Å². The minimum Gasteiger partial charge on any atom is -0.442 e. The normalized spacial score (nSPS) is 10.2. The number of ether oxygens (including phenoxy) is 1. The molecule has 1 aromatic carbocycles. The van der Waals surface area contributed by atoms with Crippen LogP contribution in [0.4, 0.5) is 5.82 Å². The van der Waals surface area contributed by atoms with Gasteiger partial charge in [-0.15, -0.1) is 0 Å². The number of nitriles is 1. The fraction of sp³-hybridized carbons (Fsp3) is 0.0714. The lowest BCUT2D eigenvalue weighted by Gasteiger charge is -2.04. The highest BCUT2D eigenvalue weighted by molar-refractivity contribution is 5.86. The molecule has 0 spiro atoms. The molecule has 98 valence electrons. The van der Waals surface area contributed by atoms with Gasteiger partial charge in [-0.05, 0) is 12.1 Å². The first-order valence-electron chi connectivity index (χ1n) is 5.91. The van der Waals surface area contributed by atoms with Crippen molar-refractivity contribution in [1.29, 1.82) is 5.26 Å². The van der Waals surface area contributed by atoms with Crippen LogP contribution in [0, 0.1) is 11.3 Å². The number of furan rings is 1. The van der Waals surface area contributed by atoms with Crippen molar-refractivity contribution in [3.8, 4) is 17.7 Å². The van der Waals surface area contributed by atoms with E-state index in [2.05, 4.69) is 15.3 Å². The summed E-state index contributed by atoms with van der Waals surface area (Å²) in [5.74, 6) is 1.34. The largest absolute Gasteiger partial charge is 0.442 e. The maximum absolute atomic E-state index is 9.13. The quantitative estimate of drug-likeness (QED) is 0.784. The average Bonchev–Trinajstić information content (AvgIpc) is 2.85. The van der Waals surface area contributed by atoms with Gasteiger partial charge in [0.15, 0.2) is 5.75 Å². The average molecular weight is 266 g/mol. The highest BCUT2D eigenvalue weighted by Crippen LogP contribution is 2.35. The van der Waals surface area contributed by atoms with E-state index in [1.165, 1.54) is 6.20 Å². The number of para-hydroxylation sites is 1. The van der Waals surface area contributed by atoms with Crippen LogP contribution in [0.15, 0.2) is 41.1 Å². The summed E-state index contributed by atoms with van der Waals surface area (Å²) in [6, 6.07) is 9.26. The zero-order valence-electron chi connectivity index (χ0n) is 10.6. The van der Waals surface area contributed by atoms with E-state index >= 15 is 0 Å². The fourth-order valence-corrected chi connectivity index (χ4v) is 1.82. The molecule has 0 radical (unpaired) electrons. The lowest BCUT2D eigenvalue weighted by Crippen LogP contribution is -1.96. The molecule has 0 aliphatic carbocycles. The van der Waals surface area contributed by atoms with Crippen molar-refractivity contribution in [2.75, 3.05) is 12.4 Å². The van der Waals surface area contributed by atoms with Gasteiger partial charge in [0.05, 0.1) is 17.8 Å². The van der Waals surface area contributed by atoms with E-state index in [4.69, 9.17) is 14.4 Å². The summed E-state index contributed by atoms with van der Waals surface area (Å²) in [4.78, 5) is 8.21. The molecule has 3 aromatic rings. The maximum atomic E-state index is 9.13. The Bertz CT molecular complexity index is 804. The van der Waals surface area contributed by atoms with Crippen LogP contribution in [0.5, 0.6) is 11.6 Å². The van der Waals surface area contributed by atoms with Gasteiger partial charge in [0.1, 0.15) is 17.5 Å². The molecule has 3 rings (SSSR count). The molecule has 1 N–H and O–H groups in total. The van der Waals surface area contributed by atoms with Crippen LogP contribution in [-0.4, -0.2) is 17.0 Å². The van der Waals surface area contributed by atoms with Gasteiger partial charge in [-0.3, -0.25) is 4.98 Å². The number of aromatic nitrogens is 2. The first-order valence-corrected chi connectivity index (χ1v) is 5.91. The molecule has 0 aliphatic heterocycles. The summed E-state index contributed by atoms with van der Waals surface area (Å²) in [5.41, 5.74) is 0.594. The predicted octanol–water partition coefficient (Wildman–Crippen LogP) is 2.93. The Morgan fingerprint density at radius 1 is 1.30 bits per heavy atom. The zero-order chi connectivity index (χ0) is 13.9. The number of benzene rings is 1. The number of hydrogen-bond donors (Lipinski definition) is 1. The van der Waals surface area contributed by atoms with E-state index in [9.17, 15) is 0 Å². The van der Waals surface area contributed by atoms with Gasteiger partial charge in [0.25, 0.3) is 0 Å². The molecule has 0 saturated carbocycles. The Balaban J connectivity index is 2.07. The molecule has 0 unspecified atom stereocenters. The topological polar surface area (TPSA) is 84.0 Å². The van der Waals surface area contributed by atoms with Crippen molar-refractivity contribution in [2.45, 2.75) is 0 Å². The number of nitrogens with one attached hydrogen (secondary N) is 1. The summed E-state index contributed by atoms with van der Waals surface area (Å²) in [5, 5.41) is 12.7. The predicted molar refractivity (Wildman–Crippen MR) is 72.6 cm³/mol. The minimum atomic E-state index is 0.114. The van der Waals surface area contributed by atoms with Gasteiger partial charge >= 0.3 is 0 Å². The van der Waals surface area contributed by atoms with Crippen molar-refractivity contribution in [3.63, 3.8) is 0 Å². The zero-order valence-corrected chi connectivity index (χ0v) is 10.6. The van der Waals surface area contributed by atoms with Crippen molar-refractivity contribution < 1.29 is 9.15 Å². The van der Waals surface area contributed by atoms with Crippen LogP contribution in [0.25, 0.3) is 11.0 Å². The maximum Gasteiger partial charge on any atom is 0.247 e. The van der Waals surface area contributed by atoms with Gasteiger partial charge in [-0.25, -0.2) is 0 Å². The van der Waals surface area contributed by atoms with Gasteiger partial charge in [0.2, 0.25) is 11.6 Å². The second-order valence-corrected chi connectivity index (χ2v) is 3.96. The highest BCUT2D eigenvalue weighted by Gasteiger charge is 2.16. The van der Waals surface area contributed by atoms with Crippen molar-refractivity contribution in [1.82, 2.24) is 9.97 Å². The van der Waals surface area contributed by atoms with Crippen LogP contribution >= 0.6 is 0 Å². The Morgan fingerprint density at radius 2 is 2.15 bits per heavy atom. The third-order valence-corrected chi connectivity index (χ3v) is 2.73. The molecule has 0 saturated heterocycles. The van der Waals surface area contributed by atoms with E-state index in [-0.39, 0.29) is 5.76 Å². The third kappa shape index (κ3) is 2.01. The van der Waals surface area contributed by atoms with Crippen LogP contribution in [0.3, 0.4) is 0 Å². The first kappa shape index (κ1) is 12.0. The van der Waals surface area contributed by atoms with Gasteiger partial charge in [-0.1, -0.05) is 12.1 Å². The van der Waals surface area contributed by atoms with Crippen LogP contribution in [0.2, 0.25) is 0 Å². The first-order chi connectivity index (χ1) is 9.81. The SMILES string of the molecule is CNc1cncc(Oc2c(C#N)oc3ccccc23)n1. The van der Waals surface area contributed by atoms with Gasteiger partial charge in [0, 0.05) is 7.05 Å². The summed E-state index contributed by atoms with van der Waals surface area (Å²) in [6.45, 7) is 0. The Kier molecular flexibility index (Phi) is 2.94. The third-order valence-electron chi connectivity index (χ3n) is 2.73. The van der Waals surface area contributed by atoms with Crippen molar-refractivity contribution in [3.05, 3.63) is 42.4 Å². The monoisotopic (exact) mass is 266 g/mol. The lowest BCUT2D eigenvalue weighted by molar-refractivity contribution is 0.449. The standard InChI is InChI=1S/C14H10N4O2/c1-16-12-7-17-8-13(18-12)20-14-9-4-2-3-5-10(9)19-11(14)6-15/h2-5,7-8H,1H3,(H,16,18). The van der Waals surface area contributed by atoms with Crippen molar-refractivity contribution in [2.24, 2.45) is 0 Å². The second kappa shape index (κ2) is 4.90. The number of rotatable bonds is 3. The van der Waals surface area contributed by atoms with Crippen LogP contribution in [0.1, 0.15) is 5.76 Å². The van der Waals surface area contributed by atoms with E-state index in [0.717, 1.165) is 5.39 Å². The second-order valence-electron chi connectivity index (χ2n) is 3.96. The molecule has 0 bridgehead atoms. The summed E-state index contributed by atoms with van der Waals surface area (Å²) in [7, 11) is 1.74.